The van der Waals surface area contributed by atoms with Gasteiger partial charge < -0.3 is 11.1 Å². The molecule has 0 fully saturated rings. The summed E-state index contributed by atoms with van der Waals surface area (Å²) in [5, 5.41) is 6.59. The van der Waals surface area contributed by atoms with Crippen LogP contribution in [0.5, 0.6) is 0 Å². The van der Waals surface area contributed by atoms with E-state index in [4.69, 9.17) is 28.9 Å². The molecule has 0 unspecified atom stereocenters. The molecule has 3 N–H and O–H groups in total. The number of hydrogen-bond acceptors (Lipinski definition) is 3. The third-order valence-corrected chi connectivity index (χ3v) is 4.53. The van der Waals surface area contributed by atoms with Crippen molar-refractivity contribution in [2.24, 2.45) is 5.73 Å². The molecule has 3 aromatic rings. The van der Waals surface area contributed by atoms with E-state index >= 15 is 0 Å². The van der Waals surface area contributed by atoms with Crippen molar-refractivity contribution in [1.29, 1.82) is 0 Å². The van der Waals surface area contributed by atoms with Crippen molar-refractivity contribution in [3.63, 3.8) is 0 Å². The fourth-order valence-corrected chi connectivity index (χ4v) is 2.95. The zero-order chi connectivity index (χ0) is 21.3. The van der Waals surface area contributed by atoms with Gasteiger partial charge in [0.1, 0.15) is 17.7 Å². The first-order valence-corrected chi connectivity index (χ1v) is 9.03. The van der Waals surface area contributed by atoms with Crippen molar-refractivity contribution in [2.45, 2.75) is 13.0 Å². The number of halogens is 4. The first kappa shape index (κ1) is 20.8. The highest BCUT2D eigenvalue weighted by molar-refractivity contribution is 6.31. The van der Waals surface area contributed by atoms with Crippen LogP contribution in [0.3, 0.4) is 0 Å². The molecule has 6 nitrogen and oxygen atoms in total. The summed E-state index contributed by atoms with van der Waals surface area (Å²) in [5.41, 5.74) is 6.03. The molecule has 3 rings (SSSR count). The largest absolute Gasteiger partial charge is 0.368 e. The molecule has 0 aliphatic heterocycles. The highest BCUT2D eigenvalue weighted by Gasteiger charge is 2.21. The van der Waals surface area contributed by atoms with Crippen molar-refractivity contribution >= 4 is 35.0 Å². The molecule has 0 saturated carbocycles. The van der Waals surface area contributed by atoms with Crippen molar-refractivity contribution in [3.05, 3.63) is 69.8 Å². The van der Waals surface area contributed by atoms with E-state index < -0.39 is 29.5 Å². The van der Waals surface area contributed by atoms with Crippen LogP contribution in [-0.2, 0) is 4.79 Å². The van der Waals surface area contributed by atoms with E-state index in [9.17, 15) is 18.4 Å². The third kappa shape index (κ3) is 4.55. The fourth-order valence-electron chi connectivity index (χ4n) is 2.55. The Morgan fingerprint density at radius 2 is 1.86 bits per heavy atom. The van der Waals surface area contributed by atoms with Gasteiger partial charge in [-0.15, -0.1) is 0 Å². The molecule has 0 aliphatic rings. The van der Waals surface area contributed by atoms with E-state index in [2.05, 4.69) is 10.4 Å². The van der Waals surface area contributed by atoms with Gasteiger partial charge in [0.05, 0.1) is 16.4 Å². The van der Waals surface area contributed by atoms with E-state index in [1.165, 1.54) is 41.9 Å². The molecular formula is C19H14Cl2F2N4O2. The minimum Gasteiger partial charge on any atom is -0.368 e. The number of aromatic nitrogens is 2. The average molecular weight is 439 g/mol. The fraction of sp³-hybridized carbons (Fsp3) is 0.105. The number of benzene rings is 2. The molecule has 2 aromatic carbocycles. The SMILES string of the molecule is C[C@H](NC(=O)c1cc(-c2cc(F)cc(Cl)c2)n(-c2ccc(F)c(Cl)c2)n1)C(N)=O. The Kier molecular flexibility index (Phi) is 5.86. The lowest BCUT2D eigenvalue weighted by atomic mass is 10.1. The van der Waals surface area contributed by atoms with Gasteiger partial charge in [0.15, 0.2) is 5.69 Å². The molecule has 0 aliphatic carbocycles. The zero-order valence-corrected chi connectivity index (χ0v) is 16.4. The number of carbonyl (C=O) groups excluding carboxylic acids is 2. The van der Waals surface area contributed by atoms with Crippen molar-refractivity contribution in [3.8, 4) is 16.9 Å². The van der Waals surface area contributed by atoms with Crippen LogP contribution in [0.4, 0.5) is 8.78 Å². The average Bonchev–Trinajstić information content (AvgIpc) is 3.08. The zero-order valence-electron chi connectivity index (χ0n) is 14.9. The third-order valence-electron chi connectivity index (χ3n) is 4.02. The summed E-state index contributed by atoms with van der Waals surface area (Å²) in [7, 11) is 0. The molecular weight excluding hydrogens is 425 g/mol. The van der Waals surface area contributed by atoms with Crippen LogP contribution in [0.25, 0.3) is 16.9 Å². The summed E-state index contributed by atoms with van der Waals surface area (Å²) in [6.07, 6.45) is 0. The van der Waals surface area contributed by atoms with Crippen LogP contribution in [0.1, 0.15) is 17.4 Å². The molecule has 29 heavy (non-hydrogen) atoms. The van der Waals surface area contributed by atoms with Crippen LogP contribution in [0.15, 0.2) is 42.5 Å². The Balaban J connectivity index is 2.14. The number of rotatable bonds is 5. The Labute approximate surface area is 174 Å². The maximum absolute atomic E-state index is 13.9. The quantitative estimate of drug-likeness (QED) is 0.635. The monoisotopic (exact) mass is 438 g/mol. The Morgan fingerprint density at radius 1 is 1.14 bits per heavy atom. The second kappa shape index (κ2) is 8.18. The van der Waals surface area contributed by atoms with Crippen LogP contribution >= 0.6 is 23.2 Å². The summed E-state index contributed by atoms with van der Waals surface area (Å²) in [6, 6.07) is 8.11. The number of nitrogens with one attached hydrogen (secondary N) is 1. The highest BCUT2D eigenvalue weighted by atomic mass is 35.5. The number of hydrogen-bond donors (Lipinski definition) is 2. The van der Waals surface area contributed by atoms with E-state index in [1.54, 1.807) is 0 Å². The maximum Gasteiger partial charge on any atom is 0.272 e. The molecule has 1 heterocycles. The van der Waals surface area contributed by atoms with Gasteiger partial charge in [-0.05, 0) is 49.4 Å². The first-order valence-electron chi connectivity index (χ1n) is 8.28. The predicted octanol–water partition coefficient (Wildman–Crippen LogP) is 3.73. The molecule has 0 radical (unpaired) electrons. The number of nitrogens with zero attached hydrogens (tertiary/aromatic N) is 2. The second-order valence-corrected chi connectivity index (χ2v) is 7.02. The lowest BCUT2D eigenvalue weighted by molar-refractivity contribution is -0.119. The molecule has 0 saturated heterocycles. The highest BCUT2D eigenvalue weighted by Crippen LogP contribution is 2.29. The van der Waals surface area contributed by atoms with E-state index in [0.29, 0.717) is 16.9 Å². The lowest BCUT2D eigenvalue weighted by Crippen LogP contribution is -2.42. The second-order valence-electron chi connectivity index (χ2n) is 6.18. The van der Waals surface area contributed by atoms with Crippen LogP contribution in [0.2, 0.25) is 10.0 Å². The molecule has 1 aromatic heterocycles. The molecule has 0 bridgehead atoms. The summed E-state index contributed by atoms with van der Waals surface area (Å²) in [4.78, 5) is 23.7. The molecule has 2 amide bonds. The van der Waals surface area contributed by atoms with Crippen molar-refractivity contribution in [1.82, 2.24) is 15.1 Å². The summed E-state index contributed by atoms with van der Waals surface area (Å²) in [5.74, 6) is -2.62. The number of carbonyl (C=O) groups is 2. The van der Waals surface area contributed by atoms with E-state index in [-0.39, 0.29) is 15.7 Å². The van der Waals surface area contributed by atoms with Gasteiger partial charge in [-0.3, -0.25) is 9.59 Å². The van der Waals surface area contributed by atoms with Crippen LogP contribution < -0.4 is 11.1 Å². The standard InChI is InChI=1S/C19H14Cl2F2N4O2/c1-9(18(24)28)25-19(29)16-8-17(10-4-11(20)6-12(22)5-10)27(26-16)13-2-3-15(23)14(21)7-13/h2-9H,1H3,(H2,24,28)(H,25,29)/t9-/m0/s1. The van der Waals surface area contributed by atoms with Gasteiger partial charge in [0, 0.05) is 10.6 Å². The summed E-state index contributed by atoms with van der Waals surface area (Å²) in [6.45, 7) is 1.42. The number of amides is 2. The van der Waals surface area contributed by atoms with Crippen molar-refractivity contribution in [2.75, 3.05) is 0 Å². The molecule has 0 spiro atoms. The Morgan fingerprint density at radius 3 is 2.48 bits per heavy atom. The molecule has 150 valence electrons. The Bertz CT molecular complexity index is 1100. The molecule has 10 heteroatoms. The van der Waals surface area contributed by atoms with Gasteiger partial charge in [-0.2, -0.15) is 5.10 Å². The van der Waals surface area contributed by atoms with Crippen molar-refractivity contribution < 1.29 is 18.4 Å². The summed E-state index contributed by atoms with van der Waals surface area (Å²) < 4.78 is 28.7. The number of primary amides is 1. The van der Waals surface area contributed by atoms with Gasteiger partial charge in [-0.1, -0.05) is 23.2 Å². The van der Waals surface area contributed by atoms with Crippen LogP contribution in [-0.4, -0.2) is 27.6 Å². The lowest BCUT2D eigenvalue weighted by Gasteiger charge is -2.09. The van der Waals surface area contributed by atoms with E-state index in [1.807, 2.05) is 0 Å². The predicted molar refractivity (Wildman–Crippen MR) is 105 cm³/mol. The van der Waals surface area contributed by atoms with Crippen LogP contribution in [0, 0.1) is 11.6 Å². The minimum atomic E-state index is -0.931. The normalized spacial score (nSPS) is 11.9. The van der Waals surface area contributed by atoms with E-state index in [0.717, 1.165) is 12.1 Å². The summed E-state index contributed by atoms with van der Waals surface area (Å²) >= 11 is 11.8. The first-order chi connectivity index (χ1) is 13.7. The van der Waals surface area contributed by atoms with Gasteiger partial charge >= 0.3 is 0 Å². The minimum absolute atomic E-state index is 0.0751. The van der Waals surface area contributed by atoms with Gasteiger partial charge in [0.2, 0.25) is 5.91 Å². The maximum atomic E-state index is 13.9. The van der Waals surface area contributed by atoms with Gasteiger partial charge in [-0.25, -0.2) is 13.5 Å². The topological polar surface area (TPSA) is 90.0 Å². The Hall–Kier alpha value is -2.97. The van der Waals surface area contributed by atoms with Gasteiger partial charge in [0.25, 0.3) is 5.91 Å². The smallest absolute Gasteiger partial charge is 0.272 e. The molecule has 1 atom stereocenters. The number of nitrogens with two attached hydrogens (primary N) is 1.